The minimum atomic E-state index is -3.73. The van der Waals surface area contributed by atoms with E-state index in [0.717, 1.165) is 24.2 Å². The van der Waals surface area contributed by atoms with Crippen LogP contribution in [0.4, 0.5) is 5.69 Å². The maximum absolute atomic E-state index is 13.2. The molecule has 2 aliphatic heterocycles. The van der Waals surface area contributed by atoms with Crippen LogP contribution in [0.1, 0.15) is 23.6 Å². The van der Waals surface area contributed by atoms with Crippen LogP contribution in [0.5, 0.6) is 0 Å². The summed E-state index contributed by atoms with van der Waals surface area (Å²) in [6, 6.07) is 14.1. The molecule has 7 nitrogen and oxygen atoms in total. The fraction of sp³-hybridized carbons (Fsp3) is 0.381. The van der Waals surface area contributed by atoms with Crippen LogP contribution in [0.3, 0.4) is 0 Å². The van der Waals surface area contributed by atoms with Crippen molar-refractivity contribution in [3.05, 3.63) is 59.7 Å². The third-order valence-corrected chi connectivity index (χ3v) is 6.80. The molecule has 0 bridgehead atoms. The number of ether oxygens (including phenoxy) is 1. The molecule has 154 valence electrons. The fourth-order valence-corrected chi connectivity index (χ4v) is 4.99. The summed E-state index contributed by atoms with van der Waals surface area (Å²) in [7, 11) is -3.73. The van der Waals surface area contributed by atoms with Crippen molar-refractivity contribution in [1.29, 1.82) is 0 Å². The van der Waals surface area contributed by atoms with Gasteiger partial charge in [0.25, 0.3) is 0 Å². The lowest BCUT2D eigenvalue weighted by molar-refractivity contribution is -0.116. The van der Waals surface area contributed by atoms with Crippen LogP contribution in [0.15, 0.2) is 53.4 Å². The third-order valence-electron chi connectivity index (χ3n) is 5.33. The Morgan fingerprint density at radius 2 is 1.83 bits per heavy atom. The van der Waals surface area contributed by atoms with Crippen molar-refractivity contribution in [3.63, 3.8) is 0 Å². The molecule has 2 N–H and O–H groups in total. The van der Waals surface area contributed by atoms with E-state index < -0.39 is 10.0 Å². The zero-order valence-electron chi connectivity index (χ0n) is 16.1. The zero-order chi connectivity index (χ0) is 20.3. The number of nitrogens with one attached hydrogen (secondary N) is 2. The highest BCUT2D eigenvalue weighted by atomic mass is 32.2. The minimum Gasteiger partial charge on any atom is -0.379 e. The largest absolute Gasteiger partial charge is 0.379 e. The van der Waals surface area contributed by atoms with Crippen LogP contribution in [-0.2, 0) is 26.0 Å². The predicted octanol–water partition coefficient (Wildman–Crippen LogP) is 1.92. The fourth-order valence-electron chi connectivity index (χ4n) is 3.72. The highest BCUT2D eigenvalue weighted by molar-refractivity contribution is 7.89. The van der Waals surface area contributed by atoms with E-state index in [0.29, 0.717) is 38.3 Å². The summed E-state index contributed by atoms with van der Waals surface area (Å²) in [5.41, 5.74) is 2.46. The molecule has 0 spiro atoms. The molecule has 4 rings (SSSR count). The second kappa shape index (κ2) is 8.62. The molecule has 0 aromatic heterocycles. The number of fused-ring (bicyclic) bond motifs is 1. The first-order chi connectivity index (χ1) is 14.0. The summed E-state index contributed by atoms with van der Waals surface area (Å²) >= 11 is 0. The van der Waals surface area contributed by atoms with Gasteiger partial charge in [-0.05, 0) is 35.7 Å². The first kappa shape index (κ1) is 20.0. The van der Waals surface area contributed by atoms with Gasteiger partial charge in [0.1, 0.15) is 0 Å². The molecule has 2 aromatic carbocycles. The number of morpholine rings is 1. The summed E-state index contributed by atoms with van der Waals surface area (Å²) < 4.78 is 34.6. The van der Waals surface area contributed by atoms with E-state index in [4.69, 9.17) is 4.74 Å². The molecule has 1 saturated heterocycles. The second-order valence-corrected chi connectivity index (χ2v) is 9.08. The van der Waals surface area contributed by atoms with Crippen LogP contribution in [0.2, 0.25) is 0 Å². The highest BCUT2D eigenvalue weighted by Crippen LogP contribution is 2.26. The molecule has 1 fully saturated rings. The van der Waals surface area contributed by atoms with Crippen molar-refractivity contribution in [2.24, 2.45) is 0 Å². The Balaban J connectivity index is 1.58. The average molecular weight is 416 g/mol. The maximum Gasteiger partial charge on any atom is 0.241 e. The summed E-state index contributed by atoms with van der Waals surface area (Å²) in [5, 5.41) is 2.79. The summed E-state index contributed by atoms with van der Waals surface area (Å²) in [4.78, 5) is 14.0. The quantitative estimate of drug-likeness (QED) is 0.753. The molecule has 0 saturated carbocycles. The lowest BCUT2D eigenvalue weighted by atomic mass is 10.0. The molecule has 2 aliphatic rings. The number of carbonyl (C=O) groups is 1. The van der Waals surface area contributed by atoms with Gasteiger partial charge in [-0.15, -0.1) is 0 Å². The van der Waals surface area contributed by atoms with Gasteiger partial charge in [0.15, 0.2) is 0 Å². The Hall–Kier alpha value is -2.26. The molecule has 1 amide bonds. The molecule has 2 heterocycles. The Bertz CT molecular complexity index is 973. The van der Waals surface area contributed by atoms with Gasteiger partial charge in [-0.3, -0.25) is 9.69 Å². The average Bonchev–Trinajstić information content (AvgIpc) is 2.74. The van der Waals surface area contributed by atoms with Crippen molar-refractivity contribution >= 4 is 21.6 Å². The van der Waals surface area contributed by atoms with Gasteiger partial charge in [0, 0.05) is 31.7 Å². The second-order valence-electron chi connectivity index (χ2n) is 7.36. The van der Waals surface area contributed by atoms with Crippen molar-refractivity contribution in [3.8, 4) is 0 Å². The van der Waals surface area contributed by atoms with Gasteiger partial charge < -0.3 is 10.1 Å². The number of nitrogens with zero attached hydrogens (tertiary/aromatic N) is 1. The van der Waals surface area contributed by atoms with E-state index in [1.54, 1.807) is 18.2 Å². The Morgan fingerprint density at radius 1 is 1.07 bits per heavy atom. The van der Waals surface area contributed by atoms with Gasteiger partial charge in [-0.1, -0.05) is 30.3 Å². The number of hydrogen-bond acceptors (Lipinski definition) is 5. The van der Waals surface area contributed by atoms with Crippen LogP contribution in [0, 0.1) is 0 Å². The third kappa shape index (κ3) is 4.84. The smallest absolute Gasteiger partial charge is 0.241 e. The molecule has 1 atom stereocenters. The summed E-state index contributed by atoms with van der Waals surface area (Å²) in [5.74, 6) is -0.0408. The van der Waals surface area contributed by atoms with Crippen LogP contribution < -0.4 is 10.0 Å². The van der Waals surface area contributed by atoms with Gasteiger partial charge in [-0.25, -0.2) is 13.1 Å². The van der Waals surface area contributed by atoms with Crippen LogP contribution in [0.25, 0.3) is 0 Å². The molecular formula is C21H25N3O4S. The van der Waals surface area contributed by atoms with Crippen LogP contribution in [-0.4, -0.2) is 52.1 Å². The SMILES string of the molecule is O=C1CCc2cc(S(=O)(=O)N[C@@H](CN3CCOCC3)c3ccccc3)ccc2N1. The number of aryl methyl sites for hydroxylation is 1. The lowest BCUT2D eigenvalue weighted by Gasteiger charge is -2.31. The highest BCUT2D eigenvalue weighted by Gasteiger charge is 2.26. The van der Waals surface area contributed by atoms with Gasteiger partial charge in [0.2, 0.25) is 15.9 Å². The monoisotopic (exact) mass is 415 g/mol. The Kier molecular flexibility index (Phi) is 5.96. The molecule has 0 aliphatic carbocycles. The van der Waals surface area contributed by atoms with E-state index in [9.17, 15) is 13.2 Å². The minimum absolute atomic E-state index is 0.0408. The van der Waals surface area contributed by atoms with E-state index in [-0.39, 0.29) is 16.8 Å². The first-order valence-electron chi connectivity index (χ1n) is 9.81. The summed E-state index contributed by atoms with van der Waals surface area (Å²) in [6.45, 7) is 3.45. The molecule has 0 unspecified atom stereocenters. The zero-order valence-corrected chi connectivity index (χ0v) is 17.0. The molecule has 8 heteroatoms. The Morgan fingerprint density at radius 3 is 2.59 bits per heavy atom. The van der Waals surface area contributed by atoms with Crippen molar-refractivity contribution in [1.82, 2.24) is 9.62 Å². The standard InChI is InChI=1S/C21H25N3O4S/c25-21-9-6-17-14-18(7-8-19(17)22-21)29(26,27)23-20(16-4-2-1-3-5-16)15-24-10-12-28-13-11-24/h1-5,7-8,14,20,23H,6,9-13,15H2,(H,22,25)/t20-/m0/s1. The number of benzene rings is 2. The first-order valence-corrected chi connectivity index (χ1v) is 11.3. The number of anilines is 1. The molecule has 29 heavy (non-hydrogen) atoms. The normalized spacial score (nSPS) is 18.7. The van der Waals surface area contributed by atoms with Gasteiger partial charge in [0.05, 0.1) is 24.2 Å². The number of sulfonamides is 1. The van der Waals surface area contributed by atoms with Gasteiger partial charge >= 0.3 is 0 Å². The van der Waals surface area contributed by atoms with E-state index in [2.05, 4.69) is 14.9 Å². The molecule has 2 aromatic rings. The molecule has 0 radical (unpaired) electrons. The van der Waals surface area contributed by atoms with E-state index in [1.165, 1.54) is 0 Å². The lowest BCUT2D eigenvalue weighted by Crippen LogP contribution is -2.43. The maximum atomic E-state index is 13.2. The number of amides is 1. The predicted molar refractivity (Wildman–Crippen MR) is 110 cm³/mol. The Labute approximate surface area is 171 Å². The number of hydrogen-bond donors (Lipinski definition) is 2. The van der Waals surface area contributed by atoms with Crippen molar-refractivity contribution in [2.75, 3.05) is 38.2 Å². The number of carbonyl (C=O) groups excluding carboxylic acids is 1. The summed E-state index contributed by atoms with van der Waals surface area (Å²) in [6.07, 6.45) is 0.911. The van der Waals surface area contributed by atoms with Crippen molar-refractivity contribution in [2.45, 2.75) is 23.8 Å². The van der Waals surface area contributed by atoms with Crippen LogP contribution >= 0.6 is 0 Å². The van der Waals surface area contributed by atoms with E-state index in [1.807, 2.05) is 30.3 Å². The molecular weight excluding hydrogens is 390 g/mol. The van der Waals surface area contributed by atoms with Crippen molar-refractivity contribution < 1.29 is 17.9 Å². The van der Waals surface area contributed by atoms with Gasteiger partial charge in [-0.2, -0.15) is 0 Å². The number of rotatable bonds is 6. The van der Waals surface area contributed by atoms with E-state index >= 15 is 0 Å². The topological polar surface area (TPSA) is 87.7 Å².